The summed E-state index contributed by atoms with van der Waals surface area (Å²) in [7, 11) is 3.69. The van der Waals surface area contributed by atoms with Gasteiger partial charge in [-0.15, -0.1) is 0 Å². The second-order valence-corrected chi connectivity index (χ2v) is 10.0. The van der Waals surface area contributed by atoms with Gasteiger partial charge < -0.3 is 14.1 Å². The van der Waals surface area contributed by atoms with Crippen LogP contribution in [0.25, 0.3) is 16.5 Å². The van der Waals surface area contributed by atoms with Crippen molar-refractivity contribution >= 4 is 66.2 Å². The number of hydrogen-bond donors (Lipinski definition) is 1. The number of likely N-dealkylation sites (N-methyl/N-ethyl adjacent to an activating group) is 1. The van der Waals surface area contributed by atoms with E-state index in [0.717, 1.165) is 31.1 Å². The van der Waals surface area contributed by atoms with Crippen LogP contribution in [0.5, 0.6) is 5.75 Å². The Kier molecular flexibility index (Phi) is 5.94. The molecule has 0 bridgehead atoms. The molecule has 0 aliphatic carbocycles. The van der Waals surface area contributed by atoms with Crippen molar-refractivity contribution in [3.05, 3.63) is 62.2 Å². The zero-order valence-electron chi connectivity index (χ0n) is 18.4. The van der Waals surface area contributed by atoms with Crippen LogP contribution in [0.2, 0.25) is 0 Å². The molecule has 32 heavy (non-hydrogen) atoms. The van der Waals surface area contributed by atoms with Crippen LogP contribution in [0.15, 0.2) is 54.9 Å². The number of anilines is 1. The van der Waals surface area contributed by atoms with E-state index in [4.69, 9.17) is 9.15 Å². The van der Waals surface area contributed by atoms with Gasteiger partial charge in [0.25, 0.3) is 0 Å². The number of ether oxygens (including phenoxy) is 1. The van der Waals surface area contributed by atoms with Crippen LogP contribution in [0.3, 0.4) is 0 Å². The van der Waals surface area contributed by atoms with E-state index in [-0.39, 0.29) is 11.3 Å². The van der Waals surface area contributed by atoms with E-state index in [1.165, 1.54) is 5.57 Å². The van der Waals surface area contributed by atoms with Crippen molar-refractivity contribution < 1.29 is 13.9 Å². The minimum atomic E-state index is -0.435. The standard InChI is InChI=1S/C24H23Br2N3O3/c1-13-11-24(2,3)29(4)19-10-20(31-5)15(7-17(13)19)12-27-28-23(30)21-8-14-6-16(25)9-18(26)22(14)32-21/h6-12H,1-5H3,(H,28,30)/b27-12-. The summed E-state index contributed by atoms with van der Waals surface area (Å²) in [6.45, 7) is 6.44. The maximum atomic E-state index is 12.6. The molecule has 0 atom stereocenters. The largest absolute Gasteiger partial charge is 0.496 e. The molecule has 0 spiro atoms. The molecule has 1 aliphatic heterocycles. The quantitative estimate of drug-likeness (QED) is 0.298. The van der Waals surface area contributed by atoms with Crippen LogP contribution in [0, 0.1) is 0 Å². The highest BCUT2D eigenvalue weighted by Crippen LogP contribution is 2.40. The molecule has 8 heteroatoms. The number of hydrazone groups is 1. The van der Waals surface area contributed by atoms with E-state index in [1.54, 1.807) is 19.4 Å². The van der Waals surface area contributed by atoms with Crippen molar-refractivity contribution in [2.75, 3.05) is 19.1 Å². The minimum Gasteiger partial charge on any atom is -0.496 e. The zero-order valence-corrected chi connectivity index (χ0v) is 21.6. The smallest absolute Gasteiger partial charge is 0.307 e. The van der Waals surface area contributed by atoms with Crippen LogP contribution in [-0.2, 0) is 0 Å². The Morgan fingerprint density at radius 2 is 1.97 bits per heavy atom. The van der Waals surface area contributed by atoms with E-state index in [1.807, 2.05) is 24.3 Å². The average molecular weight is 561 g/mol. The van der Waals surface area contributed by atoms with Crippen molar-refractivity contribution in [1.29, 1.82) is 0 Å². The molecule has 1 N–H and O–H groups in total. The van der Waals surface area contributed by atoms with Crippen molar-refractivity contribution in [3.63, 3.8) is 0 Å². The Hall–Kier alpha value is -2.58. The second-order valence-electron chi connectivity index (χ2n) is 8.27. The molecular formula is C24H23Br2N3O3. The lowest BCUT2D eigenvalue weighted by Crippen LogP contribution is -2.42. The Balaban J connectivity index is 1.59. The van der Waals surface area contributed by atoms with Gasteiger partial charge in [0.05, 0.1) is 23.3 Å². The molecule has 6 nitrogen and oxygen atoms in total. The summed E-state index contributed by atoms with van der Waals surface area (Å²) >= 11 is 6.88. The van der Waals surface area contributed by atoms with Crippen molar-refractivity contribution in [2.45, 2.75) is 26.3 Å². The molecule has 1 aliphatic rings. The van der Waals surface area contributed by atoms with E-state index in [2.05, 4.69) is 81.2 Å². The van der Waals surface area contributed by atoms with Crippen molar-refractivity contribution in [1.82, 2.24) is 5.43 Å². The molecule has 1 amide bonds. The van der Waals surface area contributed by atoms with E-state index in [0.29, 0.717) is 11.3 Å². The number of furan rings is 1. The summed E-state index contributed by atoms with van der Waals surface area (Å²) in [4.78, 5) is 14.8. The number of methoxy groups -OCH3 is 1. The predicted molar refractivity (Wildman–Crippen MR) is 136 cm³/mol. The summed E-state index contributed by atoms with van der Waals surface area (Å²) in [5, 5.41) is 4.95. The molecule has 4 rings (SSSR count). The average Bonchev–Trinajstić information content (AvgIpc) is 3.16. The number of carbonyl (C=O) groups excluding carboxylic acids is 1. The van der Waals surface area contributed by atoms with Gasteiger partial charge in [0, 0.05) is 39.8 Å². The number of carbonyl (C=O) groups is 1. The highest BCUT2D eigenvalue weighted by molar-refractivity contribution is 9.11. The summed E-state index contributed by atoms with van der Waals surface area (Å²) in [5.41, 5.74) is 7.19. The maximum Gasteiger partial charge on any atom is 0.307 e. The van der Waals surface area contributed by atoms with Gasteiger partial charge >= 0.3 is 5.91 Å². The first-order valence-corrected chi connectivity index (χ1v) is 11.6. The molecule has 0 unspecified atom stereocenters. The lowest BCUT2D eigenvalue weighted by Gasteiger charge is -2.40. The van der Waals surface area contributed by atoms with Crippen LogP contribution < -0.4 is 15.1 Å². The Labute approximate surface area is 203 Å². The number of amides is 1. The number of rotatable bonds is 4. The van der Waals surface area contributed by atoms with E-state index in [9.17, 15) is 4.79 Å². The lowest BCUT2D eigenvalue weighted by molar-refractivity contribution is 0.0929. The number of nitrogens with zero attached hydrogens (tertiary/aromatic N) is 2. The molecule has 0 fully saturated rings. The van der Waals surface area contributed by atoms with Crippen molar-refractivity contribution in [2.24, 2.45) is 5.10 Å². The monoisotopic (exact) mass is 559 g/mol. The van der Waals surface area contributed by atoms with E-state index >= 15 is 0 Å². The van der Waals surface area contributed by atoms with Gasteiger partial charge in [0.2, 0.25) is 0 Å². The molecule has 0 saturated carbocycles. The summed E-state index contributed by atoms with van der Waals surface area (Å²) < 4.78 is 12.9. The molecule has 2 aromatic carbocycles. The van der Waals surface area contributed by atoms with Gasteiger partial charge in [0.15, 0.2) is 5.76 Å². The molecular weight excluding hydrogens is 538 g/mol. The lowest BCUT2D eigenvalue weighted by atomic mass is 9.88. The SMILES string of the molecule is COc1cc2c(cc1/C=N\NC(=O)c1cc3cc(Br)cc(Br)c3o1)C(C)=CC(C)(C)N2C. The Morgan fingerprint density at radius 1 is 1.22 bits per heavy atom. The summed E-state index contributed by atoms with van der Waals surface area (Å²) in [5.74, 6) is 0.419. The van der Waals surface area contributed by atoms with E-state index < -0.39 is 5.91 Å². The topological polar surface area (TPSA) is 67.1 Å². The van der Waals surface area contributed by atoms with Crippen LogP contribution >= 0.6 is 31.9 Å². The van der Waals surface area contributed by atoms with Crippen LogP contribution in [-0.4, -0.2) is 31.8 Å². The fourth-order valence-corrected chi connectivity index (χ4v) is 5.21. The molecule has 3 aromatic rings. The molecule has 0 saturated heterocycles. The summed E-state index contributed by atoms with van der Waals surface area (Å²) in [6, 6.07) is 9.46. The molecule has 2 heterocycles. The predicted octanol–water partition coefficient (Wildman–Crippen LogP) is 6.36. The Bertz CT molecular complexity index is 1290. The molecule has 0 radical (unpaired) electrons. The van der Waals surface area contributed by atoms with Gasteiger partial charge in [-0.3, -0.25) is 4.79 Å². The fourth-order valence-electron chi connectivity index (χ4n) is 3.87. The first-order valence-electron chi connectivity index (χ1n) is 9.98. The number of nitrogens with one attached hydrogen (secondary N) is 1. The number of allylic oxidation sites excluding steroid dienone is 1. The first kappa shape index (κ1) is 22.6. The van der Waals surface area contributed by atoms with Crippen molar-refractivity contribution in [3.8, 4) is 5.75 Å². The first-order chi connectivity index (χ1) is 15.1. The van der Waals surface area contributed by atoms with Gasteiger partial charge in [-0.25, -0.2) is 5.43 Å². The molecule has 1 aromatic heterocycles. The maximum absolute atomic E-state index is 12.6. The number of fused-ring (bicyclic) bond motifs is 2. The van der Waals surface area contributed by atoms with Crippen LogP contribution in [0.4, 0.5) is 5.69 Å². The van der Waals surface area contributed by atoms with Gasteiger partial charge in [-0.1, -0.05) is 22.0 Å². The third kappa shape index (κ3) is 4.09. The fraction of sp³-hybridized carbons (Fsp3) is 0.250. The zero-order chi connectivity index (χ0) is 23.2. The number of hydrogen-bond acceptors (Lipinski definition) is 5. The molecule has 166 valence electrons. The third-order valence-corrected chi connectivity index (χ3v) is 6.74. The third-order valence-electron chi connectivity index (χ3n) is 5.70. The second kappa shape index (κ2) is 8.41. The normalized spacial score (nSPS) is 15.1. The summed E-state index contributed by atoms with van der Waals surface area (Å²) in [6.07, 6.45) is 3.82. The minimum absolute atomic E-state index is 0.0944. The Morgan fingerprint density at radius 3 is 2.69 bits per heavy atom. The van der Waals surface area contributed by atoms with Gasteiger partial charge in [-0.2, -0.15) is 5.10 Å². The highest BCUT2D eigenvalue weighted by atomic mass is 79.9. The van der Waals surface area contributed by atoms with Gasteiger partial charge in [-0.05, 0) is 66.5 Å². The number of benzene rings is 2. The highest BCUT2D eigenvalue weighted by Gasteiger charge is 2.29. The number of halogens is 2. The van der Waals surface area contributed by atoms with Gasteiger partial charge in [0.1, 0.15) is 11.3 Å². The van der Waals surface area contributed by atoms with Crippen LogP contribution in [0.1, 0.15) is 42.5 Å².